The summed E-state index contributed by atoms with van der Waals surface area (Å²) < 4.78 is 2.44. The van der Waals surface area contributed by atoms with Crippen molar-refractivity contribution in [3.05, 3.63) is 181 Å². The molecule has 0 N–H and O–H groups in total. The van der Waals surface area contributed by atoms with Gasteiger partial charge in [0.05, 0.1) is 11.0 Å². The fourth-order valence-electron chi connectivity index (χ4n) is 11.1. The molecule has 2 bridgehead atoms. The first-order chi connectivity index (χ1) is 29.5. The standard InChI is InChI=1S/C56H48N4/c1-37-30-39-31-38(2)35-56(34-37,36-39)46-28-26-40(27-29-46)45-32-49(52-50(33-45)48-20-12-13-21-51(48)60(52)47-18-10-5-11-19-47)41-22-24-44(25-23-41)55-58-53(42-14-6-3-7-15-42)57-54(59-55)43-16-8-4-9-17-43/h3-29,32-33,37-39H,30-31,34-36H2,1-2H3. The third kappa shape index (κ3) is 6.52. The van der Waals surface area contributed by atoms with Gasteiger partial charge in [-0.2, -0.15) is 0 Å². The fraction of sp³-hybridized carbons (Fsp3) is 0.196. The van der Waals surface area contributed by atoms with Gasteiger partial charge in [0.2, 0.25) is 0 Å². The maximum absolute atomic E-state index is 5.03. The minimum Gasteiger partial charge on any atom is -0.309 e. The topological polar surface area (TPSA) is 43.6 Å². The van der Waals surface area contributed by atoms with Crippen molar-refractivity contribution < 1.29 is 0 Å². The molecule has 0 saturated heterocycles. The molecule has 2 aliphatic rings. The van der Waals surface area contributed by atoms with Gasteiger partial charge in [-0.05, 0) is 108 Å². The molecule has 2 saturated carbocycles. The number of hydrogen-bond acceptors (Lipinski definition) is 3. The number of rotatable bonds is 7. The van der Waals surface area contributed by atoms with Crippen molar-refractivity contribution in [3.63, 3.8) is 0 Å². The van der Waals surface area contributed by atoms with Gasteiger partial charge in [-0.3, -0.25) is 0 Å². The zero-order chi connectivity index (χ0) is 40.2. The first-order valence-corrected chi connectivity index (χ1v) is 21.7. The molecule has 0 amide bonds. The Kier molecular flexibility index (Phi) is 9.03. The highest BCUT2D eigenvalue weighted by Gasteiger charge is 2.45. The average Bonchev–Trinajstić information content (AvgIpc) is 3.63. The molecule has 2 atom stereocenters. The molecule has 4 nitrogen and oxygen atoms in total. The first-order valence-electron chi connectivity index (χ1n) is 21.7. The summed E-state index contributed by atoms with van der Waals surface area (Å²) in [5.41, 5.74) is 13.1. The van der Waals surface area contributed by atoms with E-state index in [2.05, 4.69) is 158 Å². The van der Waals surface area contributed by atoms with E-state index in [1.807, 2.05) is 36.4 Å². The Labute approximate surface area is 352 Å². The predicted molar refractivity (Wildman–Crippen MR) is 248 cm³/mol. The second kappa shape index (κ2) is 14.9. The van der Waals surface area contributed by atoms with E-state index in [-0.39, 0.29) is 0 Å². The van der Waals surface area contributed by atoms with Crippen LogP contribution in [0, 0.1) is 17.8 Å². The Morgan fingerprint density at radius 3 is 1.55 bits per heavy atom. The fourth-order valence-corrected chi connectivity index (χ4v) is 11.1. The van der Waals surface area contributed by atoms with Crippen molar-refractivity contribution in [1.29, 1.82) is 0 Å². The molecule has 0 radical (unpaired) electrons. The molecule has 11 rings (SSSR count). The van der Waals surface area contributed by atoms with E-state index in [1.54, 1.807) is 0 Å². The largest absolute Gasteiger partial charge is 0.309 e. The molecule has 0 aliphatic heterocycles. The third-order valence-corrected chi connectivity index (χ3v) is 13.4. The molecule has 9 aromatic rings. The zero-order valence-corrected chi connectivity index (χ0v) is 34.3. The van der Waals surface area contributed by atoms with Crippen LogP contribution in [-0.4, -0.2) is 19.5 Å². The number of para-hydroxylation sites is 2. The monoisotopic (exact) mass is 776 g/mol. The summed E-state index contributed by atoms with van der Waals surface area (Å²) in [6.07, 6.45) is 6.75. The van der Waals surface area contributed by atoms with Crippen molar-refractivity contribution in [2.75, 3.05) is 0 Å². The Morgan fingerprint density at radius 1 is 0.450 bits per heavy atom. The minimum absolute atomic E-state index is 0.306. The second-order valence-corrected chi connectivity index (χ2v) is 17.7. The highest BCUT2D eigenvalue weighted by molar-refractivity contribution is 6.15. The van der Waals surface area contributed by atoms with Crippen LogP contribution in [0.4, 0.5) is 0 Å². The van der Waals surface area contributed by atoms with Gasteiger partial charge in [0.25, 0.3) is 0 Å². The predicted octanol–water partition coefficient (Wildman–Crippen LogP) is 14.4. The normalized spacial score (nSPS) is 20.1. The first kappa shape index (κ1) is 36.4. The van der Waals surface area contributed by atoms with E-state index >= 15 is 0 Å². The molecule has 4 heteroatoms. The van der Waals surface area contributed by atoms with Crippen LogP contribution < -0.4 is 0 Å². The zero-order valence-electron chi connectivity index (χ0n) is 34.3. The summed E-state index contributed by atoms with van der Waals surface area (Å²) in [6, 6.07) is 63.3. The van der Waals surface area contributed by atoms with Crippen LogP contribution >= 0.6 is 0 Å². The quantitative estimate of drug-likeness (QED) is 0.162. The average molecular weight is 777 g/mol. The van der Waals surface area contributed by atoms with Gasteiger partial charge in [-0.1, -0.05) is 159 Å². The van der Waals surface area contributed by atoms with Gasteiger partial charge in [-0.25, -0.2) is 15.0 Å². The Hall–Kier alpha value is -6.65. The Balaban J connectivity index is 1.06. The summed E-state index contributed by atoms with van der Waals surface area (Å²) in [5.74, 6) is 4.40. The van der Waals surface area contributed by atoms with Crippen LogP contribution in [0.1, 0.15) is 51.5 Å². The summed E-state index contributed by atoms with van der Waals surface area (Å²) >= 11 is 0. The van der Waals surface area contributed by atoms with E-state index in [4.69, 9.17) is 15.0 Å². The van der Waals surface area contributed by atoms with Crippen LogP contribution in [0.2, 0.25) is 0 Å². The van der Waals surface area contributed by atoms with Crippen molar-refractivity contribution >= 4 is 21.8 Å². The van der Waals surface area contributed by atoms with E-state index in [0.29, 0.717) is 22.9 Å². The molecular weight excluding hydrogens is 729 g/mol. The number of nitrogens with zero attached hydrogens (tertiary/aromatic N) is 4. The van der Waals surface area contributed by atoms with Gasteiger partial charge in [0, 0.05) is 38.7 Å². The van der Waals surface area contributed by atoms with Crippen molar-refractivity contribution in [2.45, 2.75) is 51.4 Å². The van der Waals surface area contributed by atoms with Crippen LogP contribution in [0.15, 0.2) is 176 Å². The molecule has 2 aliphatic carbocycles. The maximum atomic E-state index is 5.03. The van der Waals surface area contributed by atoms with Gasteiger partial charge >= 0.3 is 0 Å². The van der Waals surface area contributed by atoms with Gasteiger partial charge in [-0.15, -0.1) is 0 Å². The van der Waals surface area contributed by atoms with E-state index in [1.165, 1.54) is 76.2 Å². The van der Waals surface area contributed by atoms with Crippen molar-refractivity contribution in [1.82, 2.24) is 19.5 Å². The molecule has 292 valence electrons. The Morgan fingerprint density at radius 2 is 0.950 bits per heavy atom. The van der Waals surface area contributed by atoms with Gasteiger partial charge in [0.15, 0.2) is 17.5 Å². The van der Waals surface area contributed by atoms with E-state index in [9.17, 15) is 0 Å². The summed E-state index contributed by atoms with van der Waals surface area (Å²) in [5, 5.41) is 2.49. The van der Waals surface area contributed by atoms with Crippen LogP contribution in [0.25, 0.3) is 83.9 Å². The Bertz CT molecular complexity index is 2890. The highest BCUT2D eigenvalue weighted by Crippen LogP contribution is 2.54. The van der Waals surface area contributed by atoms with E-state index in [0.717, 1.165) is 45.7 Å². The van der Waals surface area contributed by atoms with Gasteiger partial charge < -0.3 is 4.57 Å². The number of fused-ring (bicyclic) bond motifs is 5. The van der Waals surface area contributed by atoms with Gasteiger partial charge in [0.1, 0.15) is 0 Å². The summed E-state index contributed by atoms with van der Waals surface area (Å²) in [7, 11) is 0. The minimum atomic E-state index is 0.306. The lowest BCUT2D eigenvalue weighted by molar-refractivity contribution is 0.0780. The van der Waals surface area contributed by atoms with Crippen LogP contribution in [0.3, 0.4) is 0 Å². The van der Waals surface area contributed by atoms with Crippen LogP contribution in [0.5, 0.6) is 0 Å². The smallest absolute Gasteiger partial charge is 0.164 e. The molecule has 2 aromatic heterocycles. The summed E-state index contributed by atoms with van der Waals surface area (Å²) in [4.78, 5) is 15.0. The number of aromatic nitrogens is 4. The molecule has 0 spiro atoms. The third-order valence-electron chi connectivity index (χ3n) is 13.4. The van der Waals surface area contributed by atoms with Crippen molar-refractivity contribution in [2.24, 2.45) is 17.8 Å². The van der Waals surface area contributed by atoms with Crippen LogP contribution in [-0.2, 0) is 5.41 Å². The second-order valence-electron chi connectivity index (χ2n) is 17.7. The lowest BCUT2D eigenvalue weighted by Gasteiger charge is -2.50. The molecule has 2 heterocycles. The molecular formula is C56H48N4. The van der Waals surface area contributed by atoms with E-state index < -0.39 is 0 Å². The SMILES string of the molecule is CC1CC2CC(C)CC(c3ccc(-c4cc(-c5ccc(-c6nc(-c7ccccc7)nc(-c7ccccc7)n6)cc5)c5c(c4)c4ccccc4n5-c4ccccc4)cc3)(C1)C2. The molecule has 2 fully saturated rings. The highest BCUT2D eigenvalue weighted by atomic mass is 15.0. The maximum Gasteiger partial charge on any atom is 0.164 e. The molecule has 60 heavy (non-hydrogen) atoms. The molecule has 7 aromatic carbocycles. The summed E-state index contributed by atoms with van der Waals surface area (Å²) in [6.45, 7) is 4.96. The lowest BCUT2D eigenvalue weighted by Crippen LogP contribution is -2.42. The number of hydrogen-bond donors (Lipinski definition) is 0. The molecule has 2 unspecified atom stereocenters. The van der Waals surface area contributed by atoms with Crippen molar-refractivity contribution in [3.8, 4) is 62.1 Å². The number of benzene rings is 7. The lowest BCUT2D eigenvalue weighted by atomic mass is 9.54.